The van der Waals surface area contributed by atoms with Gasteiger partial charge >= 0.3 is 6.18 Å². The lowest BCUT2D eigenvalue weighted by Crippen LogP contribution is -2.46. The number of nitro groups is 1. The summed E-state index contributed by atoms with van der Waals surface area (Å²) in [5.74, 6) is -2.01. The highest BCUT2D eigenvalue weighted by Crippen LogP contribution is 2.33. The molecular weight excluding hydrogens is 315 g/mol. The average molecular weight is 331 g/mol. The summed E-state index contributed by atoms with van der Waals surface area (Å²) in [6.07, 6.45) is -4.00. The Labute approximate surface area is 130 Å². The van der Waals surface area contributed by atoms with Gasteiger partial charge in [0.05, 0.1) is 17.4 Å². The Kier molecular flexibility index (Phi) is 5.07. The summed E-state index contributed by atoms with van der Waals surface area (Å²) >= 11 is 0. The summed E-state index contributed by atoms with van der Waals surface area (Å²) in [5, 5.41) is 13.5. The predicted octanol–water partition coefficient (Wildman–Crippen LogP) is 2.81. The van der Waals surface area contributed by atoms with Crippen molar-refractivity contribution < 1.29 is 22.9 Å². The molecule has 0 aromatic heterocycles. The summed E-state index contributed by atoms with van der Waals surface area (Å²) in [4.78, 5) is 23.5. The number of para-hydroxylation sites is 2. The number of nitro benzene ring substituents is 1. The van der Waals surface area contributed by atoms with Crippen LogP contribution in [-0.4, -0.2) is 41.5 Å². The number of carbonyl (C=O) groups excluding carboxylic acids is 1. The topological polar surface area (TPSA) is 75.5 Å². The van der Waals surface area contributed by atoms with Gasteiger partial charge in [0.25, 0.3) is 5.69 Å². The van der Waals surface area contributed by atoms with E-state index in [1.54, 1.807) is 6.07 Å². The first-order valence-electron chi connectivity index (χ1n) is 7.11. The molecule has 1 aromatic rings. The minimum atomic E-state index is -4.31. The van der Waals surface area contributed by atoms with Gasteiger partial charge in [-0.25, -0.2) is 0 Å². The number of piperidine rings is 1. The SMILES string of the molecule is O=C(CNc1ccccc1[N+](=O)[O-])N1CCCC(C(F)(F)F)C1. The zero-order valence-corrected chi connectivity index (χ0v) is 12.2. The molecule has 126 valence electrons. The van der Waals surface area contributed by atoms with Crippen LogP contribution in [0.5, 0.6) is 0 Å². The van der Waals surface area contributed by atoms with E-state index in [4.69, 9.17) is 0 Å². The summed E-state index contributed by atoms with van der Waals surface area (Å²) in [5.41, 5.74) is -0.0256. The number of nitrogens with zero attached hydrogens (tertiary/aromatic N) is 2. The summed E-state index contributed by atoms with van der Waals surface area (Å²) in [6.45, 7) is -0.375. The number of alkyl halides is 3. The summed E-state index contributed by atoms with van der Waals surface area (Å²) in [6, 6.07) is 5.79. The van der Waals surface area contributed by atoms with Gasteiger partial charge < -0.3 is 10.2 Å². The lowest BCUT2D eigenvalue weighted by molar-refractivity contribution is -0.383. The normalized spacial score (nSPS) is 18.6. The van der Waals surface area contributed by atoms with Crippen molar-refractivity contribution in [2.75, 3.05) is 25.0 Å². The second-order valence-corrected chi connectivity index (χ2v) is 5.35. The molecule has 1 aliphatic rings. The molecule has 1 aromatic carbocycles. The van der Waals surface area contributed by atoms with Crippen LogP contribution in [0.2, 0.25) is 0 Å². The molecule has 1 amide bonds. The highest BCUT2D eigenvalue weighted by molar-refractivity contribution is 5.82. The summed E-state index contributed by atoms with van der Waals surface area (Å²) < 4.78 is 38.2. The van der Waals surface area contributed by atoms with Crippen molar-refractivity contribution in [3.63, 3.8) is 0 Å². The number of hydrogen-bond acceptors (Lipinski definition) is 4. The molecule has 0 saturated carbocycles. The van der Waals surface area contributed by atoms with Crippen LogP contribution >= 0.6 is 0 Å². The number of halogens is 3. The van der Waals surface area contributed by atoms with E-state index < -0.39 is 22.9 Å². The minimum absolute atomic E-state index is 0.0187. The molecule has 1 atom stereocenters. The predicted molar refractivity (Wildman–Crippen MR) is 76.9 cm³/mol. The van der Waals surface area contributed by atoms with Gasteiger partial charge in [0.15, 0.2) is 0 Å². The molecule has 1 N–H and O–H groups in total. The van der Waals surface area contributed by atoms with E-state index in [1.165, 1.54) is 18.2 Å². The van der Waals surface area contributed by atoms with Crippen LogP contribution in [0.25, 0.3) is 0 Å². The Hall–Kier alpha value is -2.32. The van der Waals surface area contributed by atoms with Crippen LogP contribution < -0.4 is 5.32 Å². The molecule has 1 aliphatic heterocycles. The first kappa shape index (κ1) is 17.0. The van der Waals surface area contributed by atoms with E-state index in [0.29, 0.717) is 6.42 Å². The highest BCUT2D eigenvalue weighted by Gasteiger charge is 2.42. The number of carbonyl (C=O) groups is 1. The van der Waals surface area contributed by atoms with Crippen molar-refractivity contribution in [1.82, 2.24) is 4.90 Å². The van der Waals surface area contributed by atoms with Gasteiger partial charge in [-0.05, 0) is 18.9 Å². The number of benzene rings is 1. The molecule has 0 radical (unpaired) electrons. The molecule has 2 rings (SSSR count). The van der Waals surface area contributed by atoms with Crippen LogP contribution in [0.1, 0.15) is 12.8 Å². The van der Waals surface area contributed by atoms with Gasteiger partial charge in [0, 0.05) is 19.2 Å². The van der Waals surface area contributed by atoms with Gasteiger partial charge in [-0.3, -0.25) is 14.9 Å². The Morgan fingerprint density at radius 1 is 1.39 bits per heavy atom. The van der Waals surface area contributed by atoms with E-state index in [1.807, 2.05) is 0 Å². The average Bonchev–Trinajstić information content (AvgIpc) is 2.52. The Balaban J connectivity index is 1.96. The third-order valence-electron chi connectivity index (χ3n) is 3.77. The molecule has 23 heavy (non-hydrogen) atoms. The molecule has 1 unspecified atom stereocenters. The third kappa shape index (κ3) is 4.33. The lowest BCUT2D eigenvalue weighted by atomic mass is 9.97. The zero-order valence-electron chi connectivity index (χ0n) is 12.2. The fraction of sp³-hybridized carbons (Fsp3) is 0.500. The van der Waals surface area contributed by atoms with Gasteiger partial charge in [-0.2, -0.15) is 13.2 Å². The Bertz CT molecular complexity index is 592. The van der Waals surface area contributed by atoms with E-state index in [0.717, 1.165) is 4.90 Å². The van der Waals surface area contributed by atoms with E-state index in [-0.39, 0.29) is 37.4 Å². The van der Waals surface area contributed by atoms with Crippen LogP contribution in [0.3, 0.4) is 0 Å². The second kappa shape index (κ2) is 6.84. The number of rotatable bonds is 4. The molecule has 0 spiro atoms. The van der Waals surface area contributed by atoms with Crippen LogP contribution in [-0.2, 0) is 4.79 Å². The zero-order chi connectivity index (χ0) is 17.0. The van der Waals surface area contributed by atoms with Gasteiger partial charge in [-0.1, -0.05) is 12.1 Å². The quantitative estimate of drug-likeness (QED) is 0.680. The molecule has 6 nitrogen and oxygen atoms in total. The van der Waals surface area contributed by atoms with E-state index in [2.05, 4.69) is 5.32 Å². The van der Waals surface area contributed by atoms with Crippen molar-refractivity contribution >= 4 is 17.3 Å². The Morgan fingerprint density at radius 2 is 2.09 bits per heavy atom. The number of anilines is 1. The largest absolute Gasteiger partial charge is 0.393 e. The highest BCUT2D eigenvalue weighted by atomic mass is 19.4. The smallest absolute Gasteiger partial charge is 0.371 e. The molecule has 0 bridgehead atoms. The monoisotopic (exact) mass is 331 g/mol. The molecule has 0 aliphatic carbocycles. The fourth-order valence-electron chi connectivity index (χ4n) is 2.54. The number of amides is 1. The molecular formula is C14H16F3N3O3. The van der Waals surface area contributed by atoms with Gasteiger partial charge in [0.1, 0.15) is 5.69 Å². The van der Waals surface area contributed by atoms with Crippen molar-refractivity contribution in [2.45, 2.75) is 19.0 Å². The second-order valence-electron chi connectivity index (χ2n) is 5.35. The summed E-state index contributed by atoms with van der Waals surface area (Å²) in [7, 11) is 0. The van der Waals surface area contributed by atoms with Crippen molar-refractivity contribution in [3.8, 4) is 0 Å². The maximum absolute atomic E-state index is 12.7. The maximum atomic E-state index is 12.7. The third-order valence-corrected chi connectivity index (χ3v) is 3.77. The van der Waals surface area contributed by atoms with Crippen LogP contribution in [0, 0.1) is 16.0 Å². The van der Waals surface area contributed by atoms with E-state index in [9.17, 15) is 28.1 Å². The van der Waals surface area contributed by atoms with Crippen LogP contribution in [0.15, 0.2) is 24.3 Å². The number of nitrogens with one attached hydrogen (secondary N) is 1. The van der Waals surface area contributed by atoms with Crippen LogP contribution in [0.4, 0.5) is 24.5 Å². The minimum Gasteiger partial charge on any atom is -0.371 e. The van der Waals surface area contributed by atoms with Gasteiger partial charge in [0.2, 0.25) is 5.91 Å². The molecule has 1 heterocycles. The molecule has 1 fully saturated rings. The standard InChI is InChI=1S/C14H16F3N3O3/c15-14(16,17)10-4-3-7-19(9-10)13(21)8-18-11-5-1-2-6-12(11)20(22)23/h1-2,5-6,10,18H,3-4,7-9H2. The van der Waals surface area contributed by atoms with Crippen molar-refractivity contribution in [3.05, 3.63) is 34.4 Å². The lowest BCUT2D eigenvalue weighted by Gasteiger charge is -2.33. The van der Waals surface area contributed by atoms with Crippen molar-refractivity contribution in [1.29, 1.82) is 0 Å². The Morgan fingerprint density at radius 3 is 2.74 bits per heavy atom. The van der Waals surface area contributed by atoms with E-state index >= 15 is 0 Å². The molecule has 1 saturated heterocycles. The first-order valence-corrected chi connectivity index (χ1v) is 7.11. The van der Waals surface area contributed by atoms with Gasteiger partial charge in [-0.15, -0.1) is 0 Å². The fourth-order valence-corrected chi connectivity index (χ4v) is 2.54. The number of likely N-dealkylation sites (tertiary alicyclic amines) is 1. The first-order chi connectivity index (χ1) is 10.8. The maximum Gasteiger partial charge on any atom is 0.393 e. The molecule has 9 heteroatoms. The number of hydrogen-bond donors (Lipinski definition) is 1. The van der Waals surface area contributed by atoms with Crippen molar-refractivity contribution in [2.24, 2.45) is 5.92 Å².